The van der Waals surface area contributed by atoms with Crippen molar-refractivity contribution >= 4 is 12.0 Å². The average molecular weight is 334 g/mol. The van der Waals surface area contributed by atoms with Crippen molar-refractivity contribution in [3.05, 3.63) is 23.2 Å². The van der Waals surface area contributed by atoms with Gasteiger partial charge in [0.2, 0.25) is 0 Å². The Morgan fingerprint density at radius 3 is 2.62 bits per heavy atom. The van der Waals surface area contributed by atoms with Crippen LogP contribution in [0.4, 0.5) is 4.79 Å². The molecule has 1 fully saturated rings. The number of nitrogens with zero attached hydrogens (tertiary/aromatic N) is 1. The molecule has 0 saturated carbocycles. The molecule has 1 atom stereocenters. The van der Waals surface area contributed by atoms with E-state index in [9.17, 15) is 9.59 Å². The molecule has 0 aromatic carbocycles. The summed E-state index contributed by atoms with van der Waals surface area (Å²) in [6.07, 6.45) is 2.80. The zero-order valence-electron chi connectivity index (χ0n) is 14.6. The highest BCUT2D eigenvalue weighted by Crippen LogP contribution is 2.42. The summed E-state index contributed by atoms with van der Waals surface area (Å²) in [5.74, 6) is 0.756. The minimum Gasteiger partial charge on any atom is -0.481 e. The number of hydrogen-bond acceptors (Lipinski definition) is 3. The number of rotatable bonds is 2. The number of amides is 2. The number of likely N-dealkylation sites (tertiary alicyclic amines) is 1. The van der Waals surface area contributed by atoms with Gasteiger partial charge in [-0.15, -0.1) is 0 Å². The number of fused-ring (bicyclic) bond motifs is 1. The van der Waals surface area contributed by atoms with Crippen molar-refractivity contribution in [3.8, 4) is 0 Å². The van der Waals surface area contributed by atoms with Gasteiger partial charge in [0, 0.05) is 25.1 Å². The van der Waals surface area contributed by atoms with Crippen molar-refractivity contribution in [2.24, 2.45) is 11.3 Å². The van der Waals surface area contributed by atoms with Crippen LogP contribution in [0.2, 0.25) is 0 Å². The van der Waals surface area contributed by atoms with Gasteiger partial charge < -0.3 is 19.7 Å². The number of carbonyl (C=O) groups excluding carboxylic acids is 1. The lowest BCUT2D eigenvalue weighted by Gasteiger charge is -2.37. The fourth-order valence-corrected chi connectivity index (χ4v) is 3.88. The second kappa shape index (κ2) is 6.15. The van der Waals surface area contributed by atoms with Crippen LogP contribution in [0.25, 0.3) is 0 Å². The number of carbonyl (C=O) groups is 2. The number of hydrogen-bond donors (Lipinski definition) is 2. The summed E-state index contributed by atoms with van der Waals surface area (Å²) in [5.41, 5.74) is 1.16. The van der Waals surface area contributed by atoms with Crippen molar-refractivity contribution in [1.29, 1.82) is 0 Å². The van der Waals surface area contributed by atoms with Crippen LogP contribution in [0.3, 0.4) is 0 Å². The van der Waals surface area contributed by atoms with Gasteiger partial charge in [-0.3, -0.25) is 4.79 Å². The van der Waals surface area contributed by atoms with Crippen molar-refractivity contribution in [2.75, 3.05) is 13.1 Å². The molecule has 0 spiro atoms. The van der Waals surface area contributed by atoms with E-state index in [4.69, 9.17) is 9.52 Å². The van der Waals surface area contributed by atoms with Gasteiger partial charge in [-0.1, -0.05) is 13.8 Å². The third-order valence-electron chi connectivity index (χ3n) is 5.17. The van der Waals surface area contributed by atoms with Crippen molar-refractivity contribution in [2.45, 2.75) is 52.5 Å². The predicted molar refractivity (Wildman–Crippen MR) is 88.8 cm³/mol. The van der Waals surface area contributed by atoms with Crippen LogP contribution in [0.1, 0.15) is 56.2 Å². The van der Waals surface area contributed by atoms with Gasteiger partial charge in [0.05, 0.1) is 12.0 Å². The number of piperidine rings is 1. The van der Waals surface area contributed by atoms with Gasteiger partial charge in [-0.25, -0.2) is 4.79 Å². The molecule has 6 nitrogen and oxygen atoms in total. The van der Waals surface area contributed by atoms with Gasteiger partial charge in [0.1, 0.15) is 11.5 Å². The monoisotopic (exact) mass is 334 g/mol. The lowest BCUT2D eigenvalue weighted by molar-refractivity contribution is -0.143. The van der Waals surface area contributed by atoms with Crippen LogP contribution in [0.5, 0.6) is 0 Å². The molecule has 0 bridgehead atoms. The van der Waals surface area contributed by atoms with Crippen molar-refractivity contribution in [3.63, 3.8) is 0 Å². The zero-order valence-corrected chi connectivity index (χ0v) is 14.6. The number of carboxylic acids is 1. The first-order valence-electron chi connectivity index (χ1n) is 8.62. The molecule has 1 aliphatic carbocycles. The summed E-state index contributed by atoms with van der Waals surface area (Å²) in [5, 5.41) is 12.2. The highest BCUT2D eigenvalue weighted by molar-refractivity contribution is 5.76. The lowest BCUT2D eigenvalue weighted by Crippen LogP contribution is -2.47. The first-order valence-corrected chi connectivity index (χ1v) is 8.62. The molecule has 2 heterocycles. The Hall–Kier alpha value is -1.98. The average Bonchev–Trinajstić information content (AvgIpc) is 2.86. The molecule has 1 aromatic heterocycles. The third-order valence-corrected chi connectivity index (χ3v) is 5.17. The van der Waals surface area contributed by atoms with E-state index in [1.54, 1.807) is 4.90 Å². The van der Waals surface area contributed by atoms with E-state index in [1.165, 1.54) is 0 Å². The quantitative estimate of drug-likeness (QED) is 0.870. The SMILES string of the molecule is Cc1cc2c(o1)CC(C)(C)CC2NC(=O)N1CCC(C(=O)O)CC1. The fraction of sp³-hybridized carbons (Fsp3) is 0.667. The Labute approximate surface area is 142 Å². The molecule has 1 aliphatic heterocycles. The maximum atomic E-state index is 12.6. The van der Waals surface area contributed by atoms with Gasteiger partial charge in [-0.05, 0) is 37.7 Å². The molecule has 1 saturated heterocycles. The largest absolute Gasteiger partial charge is 0.481 e. The number of furan rings is 1. The number of aliphatic carboxylic acids is 1. The number of aryl methyl sites for hydroxylation is 1. The van der Waals surface area contributed by atoms with Crippen molar-refractivity contribution in [1.82, 2.24) is 10.2 Å². The van der Waals surface area contributed by atoms with E-state index in [0.717, 1.165) is 29.9 Å². The van der Waals surface area contributed by atoms with Gasteiger partial charge in [0.25, 0.3) is 0 Å². The number of nitrogens with one attached hydrogen (secondary N) is 1. The third kappa shape index (κ3) is 3.42. The molecule has 0 radical (unpaired) electrons. The summed E-state index contributed by atoms with van der Waals surface area (Å²) in [7, 11) is 0. The summed E-state index contributed by atoms with van der Waals surface area (Å²) in [6, 6.07) is 1.86. The molecule has 1 unspecified atom stereocenters. The Kier molecular flexibility index (Phi) is 4.32. The minimum atomic E-state index is -0.761. The summed E-state index contributed by atoms with van der Waals surface area (Å²) >= 11 is 0. The molecule has 24 heavy (non-hydrogen) atoms. The molecule has 2 aliphatic rings. The minimum absolute atomic E-state index is 0.0501. The van der Waals surface area contributed by atoms with E-state index < -0.39 is 5.97 Å². The zero-order chi connectivity index (χ0) is 17.5. The van der Waals surface area contributed by atoms with Gasteiger partial charge in [-0.2, -0.15) is 0 Å². The van der Waals surface area contributed by atoms with Crippen LogP contribution in [0, 0.1) is 18.3 Å². The Balaban J connectivity index is 1.67. The predicted octanol–water partition coefficient (Wildman–Crippen LogP) is 3.11. The first-order chi connectivity index (χ1) is 11.2. The molecule has 6 heteroatoms. The maximum absolute atomic E-state index is 12.6. The second-order valence-corrected chi connectivity index (χ2v) is 7.88. The normalized spacial score (nSPS) is 23.6. The topological polar surface area (TPSA) is 82.8 Å². The second-order valence-electron chi connectivity index (χ2n) is 7.88. The van der Waals surface area contributed by atoms with E-state index in [0.29, 0.717) is 25.9 Å². The number of carboxylic acid groups (broad SMARTS) is 1. The van der Waals surface area contributed by atoms with Crippen LogP contribution >= 0.6 is 0 Å². The van der Waals surface area contributed by atoms with E-state index in [1.807, 2.05) is 13.0 Å². The fourth-order valence-electron chi connectivity index (χ4n) is 3.88. The lowest BCUT2D eigenvalue weighted by atomic mass is 9.75. The Bertz CT molecular complexity index is 641. The molecule has 2 N–H and O–H groups in total. The maximum Gasteiger partial charge on any atom is 0.317 e. The molecular formula is C18H26N2O4. The number of urea groups is 1. The smallest absolute Gasteiger partial charge is 0.317 e. The standard InChI is InChI=1S/C18H26N2O4/c1-11-8-13-14(9-18(2,3)10-15(13)24-11)19-17(23)20-6-4-12(5-7-20)16(21)22/h8,12,14H,4-7,9-10H2,1-3H3,(H,19,23)(H,21,22). The molecule has 3 rings (SSSR count). The van der Waals surface area contributed by atoms with Crippen molar-refractivity contribution < 1.29 is 19.1 Å². The molecule has 132 valence electrons. The highest BCUT2D eigenvalue weighted by Gasteiger charge is 2.36. The highest BCUT2D eigenvalue weighted by atomic mass is 16.4. The van der Waals surface area contributed by atoms with Crippen LogP contribution in [0.15, 0.2) is 10.5 Å². The van der Waals surface area contributed by atoms with E-state index >= 15 is 0 Å². The molecule has 2 amide bonds. The van der Waals surface area contributed by atoms with E-state index in [2.05, 4.69) is 19.2 Å². The van der Waals surface area contributed by atoms with Crippen LogP contribution < -0.4 is 5.32 Å². The Morgan fingerprint density at radius 2 is 2.00 bits per heavy atom. The van der Waals surface area contributed by atoms with Gasteiger partial charge >= 0.3 is 12.0 Å². The Morgan fingerprint density at radius 1 is 1.33 bits per heavy atom. The van der Waals surface area contributed by atoms with Crippen LogP contribution in [-0.4, -0.2) is 35.1 Å². The van der Waals surface area contributed by atoms with Crippen LogP contribution in [-0.2, 0) is 11.2 Å². The molecule has 1 aromatic rings. The summed E-state index contributed by atoms with van der Waals surface area (Å²) in [6.45, 7) is 7.30. The summed E-state index contributed by atoms with van der Waals surface area (Å²) < 4.78 is 5.81. The summed E-state index contributed by atoms with van der Waals surface area (Å²) in [4.78, 5) is 25.4. The van der Waals surface area contributed by atoms with E-state index in [-0.39, 0.29) is 23.4 Å². The van der Waals surface area contributed by atoms with Gasteiger partial charge in [0.15, 0.2) is 0 Å². The first kappa shape index (κ1) is 16.9. The molecular weight excluding hydrogens is 308 g/mol.